The third-order valence-electron chi connectivity index (χ3n) is 3.27. The summed E-state index contributed by atoms with van der Waals surface area (Å²) in [7, 11) is -3.34. The van der Waals surface area contributed by atoms with Crippen LogP contribution in [0.15, 0.2) is 29.2 Å². The summed E-state index contributed by atoms with van der Waals surface area (Å²) in [4.78, 5) is 0.340. The van der Waals surface area contributed by atoms with Crippen LogP contribution in [-0.4, -0.2) is 25.8 Å². The summed E-state index contributed by atoms with van der Waals surface area (Å²) in [5.74, 6) is 0. The van der Waals surface area contributed by atoms with E-state index < -0.39 is 10.0 Å². The van der Waals surface area contributed by atoms with Crippen LogP contribution in [0.5, 0.6) is 0 Å². The van der Waals surface area contributed by atoms with Crippen molar-refractivity contribution in [3.8, 4) is 0 Å². The zero-order chi connectivity index (χ0) is 13.0. The monoisotopic (exact) mass is 287 g/mol. The highest BCUT2D eigenvalue weighted by Gasteiger charge is 2.24. The van der Waals surface area contributed by atoms with Crippen LogP contribution < -0.4 is 0 Å². The van der Waals surface area contributed by atoms with Gasteiger partial charge in [0.25, 0.3) is 0 Å². The van der Waals surface area contributed by atoms with E-state index >= 15 is 0 Å². The van der Waals surface area contributed by atoms with E-state index in [-0.39, 0.29) is 0 Å². The molecule has 1 saturated heterocycles. The van der Waals surface area contributed by atoms with Gasteiger partial charge in [-0.3, -0.25) is 0 Å². The van der Waals surface area contributed by atoms with Gasteiger partial charge in [0, 0.05) is 18.1 Å². The number of sulfonamides is 1. The van der Waals surface area contributed by atoms with Gasteiger partial charge in [0.1, 0.15) is 0 Å². The largest absolute Gasteiger partial charge is 0.243 e. The minimum absolute atomic E-state index is 0.340. The zero-order valence-electron chi connectivity index (χ0n) is 10.3. The molecular formula is C13H18ClNO2S. The molecule has 2 rings (SSSR count). The van der Waals surface area contributed by atoms with Crippen molar-refractivity contribution in [2.75, 3.05) is 13.1 Å². The van der Waals surface area contributed by atoms with Gasteiger partial charge in [0.2, 0.25) is 10.0 Å². The number of hydrogen-bond acceptors (Lipinski definition) is 2. The average Bonchev–Trinajstić information content (AvgIpc) is 2.28. The molecule has 0 bridgehead atoms. The van der Waals surface area contributed by atoms with Crippen LogP contribution in [-0.2, 0) is 10.0 Å². The molecule has 0 N–H and O–H groups in total. The molecule has 1 fully saturated rings. The van der Waals surface area contributed by atoms with E-state index in [0.717, 1.165) is 25.7 Å². The topological polar surface area (TPSA) is 37.4 Å². The Morgan fingerprint density at radius 3 is 1.94 bits per heavy atom. The van der Waals surface area contributed by atoms with Crippen molar-refractivity contribution >= 4 is 21.6 Å². The first-order valence-corrected chi connectivity index (χ1v) is 8.18. The van der Waals surface area contributed by atoms with Crippen LogP contribution in [0, 0.1) is 0 Å². The lowest BCUT2D eigenvalue weighted by molar-refractivity contribution is 0.364. The Balaban J connectivity index is 2.20. The smallest absolute Gasteiger partial charge is 0.207 e. The summed E-state index contributed by atoms with van der Waals surface area (Å²) in [6.45, 7) is 1.26. The van der Waals surface area contributed by atoms with E-state index in [1.165, 1.54) is 6.42 Å². The molecule has 1 heterocycles. The van der Waals surface area contributed by atoms with E-state index in [4.69, 9.17) is 11.6 Å². The first-order chi connectivity index (χ1) is 8.60. The average molecular weight is 288 g/mol. The molecular weight excluding hydrogens is 270 g/mol. The molecule has 0 radical (unpaired) electrons. The van der Waals surface area contributed by atoms with Crippen molar-refractivity contribution in [3.05, 3.63) is 29.3 Å². The van der Waals surface area contributed by atoms with Crippen LogP contribution in [0.2, 0.25) is 5.02 Å². The molecule has 0 spiro atoms. The standard InChI is InChI=1S/C13H18ClNO2S/c14-12-6-8-13(9-7-12)18(16,17)15-10-4-2-1-3-5-11-15/h6-9H,1-5,10-11H2. The minimum Gasteiger partial charge on any atom is -0.207 e. The highest BCUT2D eigenvalue weighted by atomic mass is 35.5. The summed E-state index contributed by atoms with van der Waals surface area (Å²) in [6, 6.07) is 6.41. The molecule has 5 heteroatoms. The lowest BCUT2D eigenvalue weighted by Gasteiger charge is -2.24. The fourth-order valence-corrected chi connectivity index (χ4v) is 3.86. The Bertz CT molecular complexity index is 476. The van der Waals surface area contributed by atoms with Crippen LogP contribution in [0.1, 0.15) is 32.1 Å². The van der Waals surface area contributed by atoms with E-state index in [2.05, 4.69) is 0 Å². The molecule has 3 nitrogen and oxygen atoms in total. The molecule has 1 aromatic carbocycles. The molecule has 0 amide bonds. The lowest BCUT2D eigenvalue weighted by atomic mass is 10.1. The summed E-state index contributed by atoms with van der Waals surface area (Å²) in [6.07, 6.45) is 5.35. The molecule has 0 aliphatic carbocycles. The summed E-state index contributed by atoms with van der Waals surface area (Å²) >= 11 is 5.79. The summed E-state index contributed by atoms with van der Waals surface area (Å²) < 4.78 is 26.5. The van der Waals surface area contributed by atoms with Crippen molar-refractivity contribution < 1.29 is 8.42 Å². The zero-order valence-corrected chi connectivity index (χ0v) is 11.9. The van der Waals surface area contributed by atoms with Gasteiger partial charge >= 0.3 is 0 Å². The van der Waals surface area contributed by atoms with Crippen molar-refractivity contribution in [2.24, 2.45) is 0 Å². The number of hydrogen-bond donors (Lipinski definition) is 0. The van der Waals surface area contributed by atoms with Gasteiger partial charge in [0.05, 0.1) is 4.90 Å². The third kappa shape index (κ3) is 3.25. The molecule has 0 atom stereocenters. The lowest BCUT2D eigenvalue weighted by Crippen LogP contribution is -2.33. The number of rotatable bonds is 2. The second kappa shape index (κ2) is 6.04. The van der Waals surface area contributed by atoms with Gasteiger partial charge in [-0.25, -0.2) is 8.42 Å². The Hall–Kier alpha value is -0.580. The quantitative estimate of drug-likeness (QED) is 0.837. The van der Waals surface area contributed by atoms with Crippen LogP contribution >= 0.6 is 11.6 Å². The third-order valence-corrected chi connectivity index (χ3v) is 5.43. The van der Waals surface area contributed by atoms with Crippen molar-refractivity contribution in [3.63, 3.8) is 0 Å². The molecule has 100 valence electrons. The Morgan fingerprint density at radius 2 is 1.39 bits per heavy atom. The second-order valence-electron chi connectivity index (χ2n) is 4.63. The van der Waals surface area contributed by atoms with E-state index in [9.17, 15) is 8.42 Å². The maximum Gasteiger partial charge on any atom is 0.243 e. The first kappa shape index (κ1) is 13.8. The fourth-order valence-electron chi connectivity index (χ4n) is 2.21. The first-order valence-electron chi connectivity index (χ1n) is 6.36. The Kier molecular flexibility index (Phi) is 4.65. The molecule has 1 aliphatic rings. The molecule has 18 heavy (non-hydrogen) atoms. The summed E-state index contributed by atoms with van der Waals surface area (Å²) in [5.41, 5.74) is 0. The van der Waals surface area contributed by atoms with Crippen LogP contribution in [0.4, 0.5) is 0 Å². The van der Waals surface area contributed by atoms with Gasteiger partial charge in [-0.15, -0.1) is 0 Å². The van der Waals surface area contributed by atoms with Crippen molar-refractivity contribution in [2.45, 2.75) is 37.0 Å². The van der Waals surface area contributed by atoms with Gasteiger partial charge in [-0.1, -0.05) is 30.9 Å². The molecule has 1 aliphatic heterocycles. The number of nitrogens with zero attached hydrogens (tertiary/aromatic N) is 1. The fraction of sp³-hybridized carbons (Fsp3) is 0.538. The predicted octanol–water partition coefficient (Wildman–Crippen LogP) is 3.29. The Labute approximate surface area is 114 Å². The van der Waals surface area contributed by atoms with Gasteiger partial charge < -0.3 is 0 Å². The molecule has 0 saturated carbocycles. The minimum atomic E-state index is -3.34. The van der Waals surface area contributed by atoms with E-state index in [1.807, 2.05) is 0 Å². The highest BCUT2D eigenvalue weighted by Crippen LogP contribution is 2.21. The normalized spacial score (nSPS) is 19.2. The summed E-state index contributed by atoms with van der Waals surface area (Å²) in [5, 5.41) is 0.557. The Morgan fingerprint density at radius 1 is 0.889 bits per heavy atom. The van der Waals surface area contributed by atoms with Gasteiger partial charge in [-0.05, 0) is 37.1 Å². The SMILES string of the molecule is O=S(=O)(c1ccc(Cl)cc1)N1CCCCCCC1. The van der Waals surface area contributed by atoms with Crippen molar-refractivity contribution in [1.82, 2.24) is 4.31 Å². The van der Waals surface area contributed by atoms with E-state index in [1.54, 1.807) is 28.6 Å². The van der Waals surface area contributed by atoms with Crippen molar-refractivity contribution in [1.29, 1.82) is 0 Å². The molecule has 0 unspecified atom stereocenters. The second-order valence-corrected chi connectivity index (χ2v) is 7.00. The predicted molar refractivity (Wildman–Crippen MR) is 73.3 cm³/mol. The van der Waals surface area contributed by atoms with Crippen LogP contribution in [0.25, 0.3) is 0 Å². The highest BCUT2D eigenvalue weighted by molar-refractivity contribution is 7.89. The van der Waals surface area contributed by atoms with E-state index in [0.29, 0.717) is 23.0 Å². The van der Waals surface area contributed by atoms with Gasteiger partial charge in [-0.2, -0.15) is 4.31 Å². The maximum absolute atomic E-state index is 12.4. The van der Waals surface area contributed by atoms with Crippen LogP contribution in [0.3, 0.4) is 0 Å². The molecule has 0 aromatic heterocycles. The number of benzene rings is 1. The molecule has 1 aromatic rings. The van der Waals surface area contributed by atoms with Gasteiger partial charge in [0.15, 0.2) is 0 Å². The maximum atomic E-state index is 12.4. The number of halogens is 1.